The number of ether oxygens (including phenoxy) is 1. The number of halogens is 1. The van der Waals surface area contributed by atoms with Crippen molar-refractivity contribution in [2.75, 3.05) is 5.01 Å². The van der Waals surface area contributed by atoms with E-state index in [0.717, 1.165) is 6.42 Å². The Balaban J connectivity index is 1.96. The Bertz CT molecular complexity index is 865. The average Bonchev–Trinajstić information content (AvgIpc) is 2.92. The number of carbonyl (C=O) groups is 2. The van der Waals surface area contributed by atoms with Crippen LogP contribution < -0.4 is 15.2 Å². The molecule has 2 amide bonds. The molecule has 2 aromatic carbocycles. The summed E-state index contributed by atoms with van der Waals surface area (Å²) in [5.74, 6) is -0.306. The molecule has 0 aromatic heterocycles. The zero-order chi connectivity index (χ0) is 18.7. The summed E-state index contributed by atoms with van der Waals surface area (Å²) in [7, 11) is 0. The summed E-state index contributed by atoms with van der Waals surface area (Å²) in [6, 6.07) is 14.1. The summed E-state index contributed by atoms with van der Waals surface area (Å²) >= 11 is 6.09. The summed E-state index contributed by atoms with van der Waals surface area (Å²) in [6.07, 6.45) is 2.35. The second kappa shape index (κ2) is 7.62. The van der Waals surface area contributed by atoms with Crippen molar-refractivity contribution in [3.05, 3.63) is 64.7 Å². The molecule has 134 valence electrons. The normalized spacial score (nSPS) is 16.7. The number of nitrogens with zero attached hydrogens (tertiary/aromatic N) is 1. The van der Waals surface area contributed by atoms with Crippen molar-refractivity contribution in [2.45, 2.75) is 26.4 Å². The predicted octanol–water partition coefficient (Wildman–Crippen LogP) is 3.98. The molecule has 0 unspecified atom stereocenters. The molecule has 0 saturated carbocycles. The minimum absolute atomic E-state index is 0.00208. The summed E-state index contributed by atoms with van der Waals surface area (Å²) in [5.41, 5.74) is 3.79. The molecule has 26 heavy (non-hydrogen) atoms. The molecule has 5 nitrogen and oxygen atoms in total. The fourth-order valence-corrected chi connectivity index (χ4v) is 2.69. The van der Waals surface area contributed by atoms with E-state index >= 15 is 0 Å². The van der Waals surface area contributed by atoms with E-state index in [-0.39, 0.29) is 11.7 Å². The van der Waals surface area contributed by atoms with E-state index in [2.05, 4.69) is 5.43 Å². The lowest BCUT2D eigenvalue weighted by atomic mass is 10.1. The molecule has 1 saturated heterocycles. The minimum atomic E-state index is -0.465. The average molecular weight is 371 g/mol. The van der Waals surface area contributed by atoms with Crippen LogP contribution in [0.4, 0.5) is 5.69 Å². The number of hydrogen-bond acceptors (Lipinski definition) is 3. The number of anilines is 1. The van der Waals surface area contributed by atoms with Gasteiger partial charge < -0.3 is 4.74 Å². The highest BCUT2D eigenvalue weighted by atomic mass is 35.5. The van der Waals surface area contributed by atoms with Gasteiger partial charge in [-0.15, -0.1) is 0 Å². The molecule has 0 aliphatic carbocycles. The van der Waals surface area contributed by atoms with Gasteiger partial charge in [0.2, 0.25) is 0 Å². The molecule has 1 heterocycles. The van der Waals surface area contributed by atoms with E-state index in [1.54, 1.807) is 42.5 Å². The maximum absolute atomic E-state index is 12.7. The van der Waals surface area contributed by atoms with E-state index in [4.69, 9.17) is 16.3 Å². The van der Waals surface area contributed by atoms with E-state index in [1.165, 1.54) is 11.1 Å². The van der Waals surface area contributed by atoms with Crippen molar-refractivity contribution >= 4 is 35.2 Å². The first-order chi connectivity index (χ1) is 12.5. The van der Waals surface area contributed by atoms with Crippen molar-refractivity contribution < 1.29 is 14.3 Å². The fraction of sp³-hybridized carbons (Fsp3) is 0.200. The highest BCUT2D eigenvalue weighted by Gasteiger charge is 2.34. The first kappa shape index (κ1) is 18.0. The van der Waals surface area contributed by atoms with Crippen molar-refractivity contribution in [2.24, 2.45) is 0 Å². The van der Waals surface area contributed by atoms with Crippen LogP contribution >= 0.6 is 11.6 Å². The molecule has 0 bridgehead atoms. The van der Waals surface area contributed by atoms with Crippen molar-refractivity contribution in [1.82, 2.24) is 5.43 Å². The molecule has 1 fully saturated rings. The molecule has 0 spiro atoms. The molecule has 3 rings (SSSR count). The predicted molar refractivity (Wildman–Crippen MR) is 102 cm³/mol. The fourth-order valence-electron chi connectivity index (χ4n) is 2.51. The number of carbonyl (C=O) groups excluding carboxylic acids is 2. The van der Waals surface area contributed by atoms with E-state index in [9.17, 15) is 9.59 Å². The largest absolute Gasteiger partial charge is 0.490 e. The van der Waals surface area contributed by atoms with Gasteiger partial charge in [-0.2, -0.15) is 0 Å². The minimum Gasteiger partial charge on any atom is -0.490 e. The highest BCUT2D eigenvalue weighted by molar-refractivity contribution is 6.32. The van der Waals surface area contributed by atoms with Crippen LogP contribution in [0, 0.1) is 0 Å². The highest BCUT2D eigenvalue weighted by Crippen LogP contribution is 2.28. The lowest BCUT2D eigenvalue weighted by Gasteiger charge is -2.15. The van der Waals surface area contributed by atoms with Gasteiger partial charge in [-0.05, 0) is 49.8 Å². The quantitative estimate of drug-likeness (QED) is 0.639. The van der Waals surface area contributed by atoms with E-state index < -0.39 is 11.8 Å². The second-order valence-electron chi connectivity index (χ2n) is 5.99. The Kier molecular flexibility index (Phi) is 5.28. The number of rotatable bonds is 5. The van der Waals surface area contributed by atoms with Gasteiger partial charge in [0.05, 0.1) is 11.8 Å². The molecular formula is C20H19ClN2O3. The van der Waals surface area contributed by atoms with Crippen LogP contribution in [0.15, 0.2) is 54.1 Å². The van der Waals surface area contributed by atoms with Gasteiger partial charge in [0, 0.05) is 10.6 Å². The van der Waals surface area contributed by atoms with Gasteiger partial charge in [0.1, 0.15) is 11.3 Å². The Morgan fingerprint density at radius 2 is 1.92 bits per heavy atom. The first-order valence-electron chi connectivity index (χ1n) is 8.38. The Labute approximate surface area is 157 Å². The molecule has 0 radical (unpaired) electrons. The van der Waals surface area contributed by atoms with Gasteiger partial charge in [0.15, 0.2) is 0 Å². The number of para-hydroxylation sites is 1. The van der Waals surface area contributed by atoms with E-state index in [1.807, 2.05) is 19.9 Å². The SMILES string of the molecule is CC[C@@H](C)Oc1ccc(Cl)cc1/C=C1/C(=O)NN(c2ccccc2)C1=O. The van der Waals surface area contributed by atoms with Gasteiger partial charge in [-0.1, -0.05) is 36.7 Å². The second-order valence-corrected chi connectivity index (χ2v) is 6.43. The van der Waals surface area contributed by atoms with Crippen molar-refractivity contribution in [3.8, 4) is 5.75 Å². The lowest BCUT2D eigenvalue weighted by molar-refractivity contribution is -0.117. The lowest BCUT2D eigenvalue weighted by Crippen LogP contribution is -2.35. The van der Waals surface area contributed by atoms with Crippen molar-refractivity contribution in [3.63, 3.8) is 0 Å². The van der Waals surface area contributed by atoms with Crippen LogP contribution in [0.3, 0.4) is 0 Å². The Morgan fingerprint density at radius 3 is 2.62 bits per heavy atom. The Hall–Kier alpha value is -2.79. The first-order valence-corrected chi connectivity index (χ1v) is 8.75. The summed E-state index contributed by atoms with van der Waals surface area (Å²) in [6.45, 7) is 3.97. The maximum atomic E-state index is 12.7. The van der Waals surface area contributed by atoms with Crippen LogP contribution in [-0.4, -0.2) is 17.9 Å². The molecule has 1 N–H and O–H groups in total. The molecule has 1 aliphatic heterocycles. The van der Waals surface area contributed by atoms with Gasteiger partial charge in [0.25, 0.3) is 11.8 Å². The summed E-state index contributed by atoms with van der Waals surface area (Å²) in [5, 5.41) is 1.73. The third-order valence-corrected chi connectivity index (χ3v) is 4.32. The van der Waals surface area contributed by atoms with E-state index in [0.29, 0.717) is 22.0 Å². The van der Waals surface area contributed by atoms with Crippen LogP contribution in [0.1, 0.15) is 25.8 Å². The van der Waals surface area contributed by atoms with Crippen LogP contribution in [0.5, 0.6) is 5.75 Å². The van der Waals surface area contributed by atoms with Crippen LogP contribution in [-0.2, 0) is 9.59 Å². The van der Waals surface area contributed by atoms with Crippen molar-refractivity contribution in [1.29, 1.82) is 0 Å². The maximum Gasteiger partial charge on any atom is 0.282 e. The zero-order valence-electron chi connectivity index (χ0n) is 14.5. The third-order valence-electron chi connectivity index (χ3n) is 4.08. The smallest absolute Gasteiger partial charge is 0.282 e. The molecule has 1 aliphatic rings. The molecule has 2 aromatic rings. The number of hydrogen-bond donors (Lipinski definition) is 1. The standard InChI is InChI=1S/C20H19ClN2O3/c1-3-13(2)26-18-10-9-15(21)11-14(18)12-17-19(24)22-23(20(17)25)16-7-5-4-6-8-16/h4-13H,3H2,1-2H3,(H,22,24)/b17-12-/t13-/m1/s1. The summed E-state index contributed by atoms with van der Waals surface area (Å²) < 4.78 is 5.88. The molecule has 1 atom stereocenters. The zero-order valence-corrected chi connectivity index (χ0v) is 15.3. The third kappa shape index (κ3) is 3.73. The molecular weight excluding hydrogens is 352 g/mol. The monoisotopic (exact) mass is 370 g/mol. The van der Waals surface area contributed by atoms with Crippen LogP contribution in [0.25, 0.3) is 6.08 Å². The molecule has 6 heteroatoms. The summed E-state index contributed by atoms with van der Waals surface area (Å²) in [4.78, 5) is 25.0. The number of amides is 2. The van der Waals surface area contributed by atoms with Gasteiger partial charge >= 0.3 is 0 Å². The van der Waals surface area contributed by atoms with Gasteiger partial charge in [-0.25, -0.2) is 5.01 Å². The topological polar surface area (TPSA) is 58.6 Å². The van der Waals surface area contributed by atoms with Crippen LogP contribution in [0.2, 0.25) is 5.02 Å². The Morgan fingerprint density at radius 1 is 1.19 bits per heavy atom. The number of benzene rings is 2. The number of nitrogens with one attached hydrogen (secondary N) is 1. The number of hydrazine groups is 1. The van der Waals surface area contributed by atoms with Gasteiger partial charge in [-0.3, -0.25) is 15.0 Å².